The predicted octanol–water partition coefficient (Wildman–Crippen LogP) is 2.82. The fraction of sp³-hybridized carbons (Fsp3) is 0.941. The van der Waals surface area contributed by atoms with Crippen LogP contribution in [0.3, 0.4) is 0 Å². The number of likely N-dealkylation sites (N-methyl/N-ethyl adjacent to an activating group) is 1. The summed E-state index contributed by atoms with van der Waals surface area (Å²) in [5, 5.41) is 3.14. The molecule has 1 rings (SSSR count). The molecule has 1 aliphatic carbocycles. The van der Waals surface area contributed by atoms with Crippen LogP contribution >= 0.6 is 0 Å². The highest BCUT2D eigenvalue weighted by Gasteiger charge is 2.33. The molecule has 1 unspecified atom stereocenters. The van der Waals surface area contributed by atoms with Crippen LogP contribution in [0, 0.1) is 5.92 Å². The Morgan fingerprint density at radius 2 is 1.90 bits per heavy atom. The molecule has 0 amide bonds. The van der Waals surface area contributed by atoms with Crippen molar-refractivity contribution in [2.24, 2.45) is 5.92 Å². The molecule has 0 heterocycles. The Kier molecular flexibility index (Phi) is 7.67. The van der Waals surface area contributed by atoms with Crippen LogP contribution < -0.4 is 5.32 Å². The van der Waals surface area contributed by atoms with Crippen LogP contribution in [-0.2, 0) is 9.53 Å². The molecule has 0 bridgehead atoms. The third kappa shape index (κ3) is 5.26. The van der Waals surface area contributed by atoms with E-state index in [1.54, 1.807) is 0 Å². The Hall–Kier alpha value is -0.610. The lowest BCUT2D eigenvalue weighted by atomic mass is 9.84. The van der Waals surface area contributed by atoms with Gasteiger partial charge in [0.1, 0.15) is 5.54 Å². The first-order valence-electron chi connectivity index (χ1n) is 8.53. The van der Waals surface area contributed by atoms with Gasteiger partial charge in [-0.1, -0.05) is 13.3 Å². The molecule has 21 heavy (non-hydrogen) atoms. The maximum absolute atomic E-state index is 12.1. The molecule has 124 valence electrons. The summed E-state index contributed by atoms with van der Waals surface area (Å²) >= 11 is 0. The van der Waals surface area contributed by atoms with Crippen LogP contribution in [0.2, 0.25) is 0 Å². The standard InChI is InChI=1S/C17H34N2O2/c1-6-14-8-10-15(11-9-14)19(5)13-12-17(3,18-4)16(20)21-7-2/h14-15,18H,6-13H2,1-5H3. The second kappa shape index (κ2) is 8.74. The number of ether oxygens (including phenoxy) is 1. The third-order valence-electron chi connectivity index (χ3n) is 5.26. The minimum absolute atomic E-state index is 0.143. The van der Waals surface area contributed by atoms with Gasteiger partial charge in [0.05, 0.1) is 6.61 Å². The normalized spacial score (nSPS) is 25.6. The highest BCUT2D eigenvalue weighted by atomic mass is 16.5. The molecular formula is C17H34N2O2. The fourth-order valence-corrected chi connectivity index (χ4v) is 3.20. The molecule has 0 aliphatic heterocycles. The topological polar surface area (TPSA) is 41.6 Å². The van der Waals surface area contributed by atoms with E-state index >= 15 is 0 Å². The summed E-state index contributed by atoms with van der Waals surface area (Å²) in [4.78, 5) is 14.5. The number of carbonyl (C=O) groups is 1. The van der Waals surface area contributed by atoms with Crippen LogP contribution in [0.5, 0.6) is 0 Å². The Bertz CT molecular complexity index is 314. The number of esters is 1. The Labute approximate surface area is 130 Å². The molecule has 1 saturated carbocycles. The van der Waals surface area contributed by atoms with Crippen LogP contribution in [0.1, 0.15) is 59.3 Å². The first kappa shape index (κ1) is 18.4. The van der Waals surface area contributed by atoms with Crippen molar-refractivity contribution >= 4 is 5.97 Å². The first-order valence-corrected chi connectivity index (χ1v) is 8.53. The smallest absolute Gasteiger partial charge is 0.326 e. The van der Waals surface area contributed by atoms with Crippen molar-refractivity contribution in [3.63, 3.8) is 0 Å². The van der Waals surface area contributed by atoms with Crippen molar-refractivity contribution in [3.8, 4) is 0 Å². The van der Waals surface area contributed by atoms with Crippen molar-refractivity contribution in [2.45, 2.75) is 70.9 Å². The lowest BCUT2D eigenvalue weighted by molar-refractivity contribution is -0.150. The maximum atomic E-state index is 12.1. The van der Waals surface area contributed by atoms with Gasteiger partial charge in [-0.25, -0.2) is 0 Å². The zero-order valence-electron chi connectivity index (χ0n) is 14.6. The minimum Gasteiger partial charge on any atom is -0.465 e. The summed E-state index contributed by atoms with van der Waals surface area (Å²) in [5.74, 6) is 0.785. The van der Waals surface area contributed by atoms with Crippen LogP contribution in [0.25, 0.3) is 0 Å². The van der Waals surface area contributed by atoms with E-state index in [4.69, 9.17) is 4.74 Å². The van der Waals surface area contributed by atoms with Crippen molar-refractivity contribution in [3.05, 3.63) is 0 Å². The molecule has 0 spiro atoms. The van der Waals surface area contributed by atoms with E-state index in [0.29, 0.717) is 12.6 Å². The summed E-state index contributed by atoms with van der Waals surface area (Å²) in [6.45, 7) is 7.45. The summed E-state index contributed by atoms with van der Waals surface area (Å²) < 4.78 is 5.18. The van der Waals surface area contributed by atoms with Gasteiger partial charge in [0, 0.05) is 12.6 Å². The molecular weight excluding hydrogens is 264 g/mol. The Morgan fingerprint density at radius 3 is 2.38 bits per heavy atom. The maximum Gasteiger partial charge on any atom is 0.326 e. The number of hydrogen-bond donors (Lipinski definition) is 1. The summed E-state index contributed by atoms with van der Waals surface area (Å²) in [6, 6.07) is 0.677. The van der Waals surface area contributed by atoms with Gasteiger partial charge in [-0.05, 0) is 66.0 Å². The van der Waals surface area contributed by atoms with Gasteiger partial charge in [-0.3, -0.25) is 4.79 Å². The Balaban J connectivity index is 2.43. The van der Waals surface area contributed by atoms with E-state index in [0.717, 1.165) is 18.9 Å². The van der Waals surface area contributed by atoms with Gasteiger partial charge < -0.3 is 15.0 Å². The number of nitrogens with one attached hydrogen (secondary N) is 1. The largest absolute Gasteiger partial charge is 0.465 e. The van der Waals surface area contributed by atoms with Crippen molar-refractivity contribution in [1.82, 2.24) is 10.2 Å². The molecule has 0 aromatic carbocycles. The number of hydrogen-bond acceptors (Lipinski definition) is 4. The summed E-state index contributed by atoms with van der Waals surface area (Å²) in [5.41, 5.74) is -0.578. The zero-order chi connectivity index (χ0) is 15.9. The molecule has 4 heteroatoms. The van der Waals surface area contributed by atoms with Crippen LogP contribution in [0.15, 0.2) is 0 Å². The quantitative estimate of drug-likeness (QED) is 0.700. The van der Waals surface area contributed by atoms with Crippen molar-refractivity contribution in [2.75, 3.05) is 27.2 Å². The second-order valence-electron chi connectivity index (χ2n) is 6.62. The zero-order valence-corrected chi connectivity index (χ0v) is 14.6. The van der Waals surface area contributed by atoms with E-state index in [2.05, 4.69) is 24.2 Å². The third-order valence-corrected chi connectivity index (χ3v) is 5.26. The van der Waals surface area contributed by atoms with Crippen molar-refractivity contribution < 1.29 is 9.53 Å². The van der Waals surface area contributed by atoms with Crippen LogP contribution in [-0.4, -0.2) is 49.7 Å². The Morgan fingerprint density at radius 1 is 1.29 bits per heavy atom. The van der Waals surface area contributed by atoms with Gasteiger partial charge in [-0.2, -0.15) is 0 Å². The van der Waals surface area contributed by atoms with Gasteiger partial charge in [0.15, 0.2) is 0 Å². The van der Waals surface area contributed by atoms with Gasteiger partial charge >= 0.3 is 5.97 Å². The first-order chi connectivity index (χ1) is 9.96. The lowest BCUT2D eigenvalue weighted by Crippen LogP contribution is -2.51. The monoisotopic (exact) mass is 298 g/mol. The highest BCUT2D eigenvalue weighted by Crippen LogP contribution is 2.29. The number of carbonyl (C=O) groups excluding carboxylic acids is 1. The van der Waals surface area contributed by atoms with E-state index in [1.165, 1.54) is 32.1 Å². The summed E-state index contributed by atoms with van der Waals surface area (Å²) in [6.07, 6.45) is 7.40. The highest BCUT2D eigenvalue weighted by molar-refractivity contribution is 5.80. The second-order valence-corrected chi connectivity index (χ2v) is 6.62. The number of rotatable bonds is 8. The van der Waals surface area contributed by atoms with Crippen LogP contribution in [0.4, 0.5) is 0 Å². The predicted molar refractivity (Wildman–Crippen MR) is 87.4 cm³/mol. The molecule has 1 aliphatic rings. The molecule has 1 fully saturated rings. The van der Waals surface area contributed by atoms with Gasteiger partial charge in [0.25, 0.3) is 0 Å². The number of nitrogens with zero attached hydrogens (tertiary/aromatic N) is 1. The molecule has 1 atom stereocenters. The lowest BCUT2D eigenvalue weighted by Gasteiger charge is -2.36. The molecule has 4 nitrogen and oxygen atoms in total. The molecule has 0 aromatic heterocycles. The van der Waals surface area contributed by atoms with E-state index in [1.807, 2.05) is 20.9 Å². The molecule has 0 radical (unpaired) electrons. The molecule has 0 aromatic rings. The summed E-state index contributed by atoms with van der Waals surface area (Å²) in [7, 11) is 4.03. The average molecular weight is 298 g/mol. The SMILES string of the molecule is CCOC(=O)C(C)(CCN(C)C1CCC(CC)CC1)NC. The minimum atomic E-state index is -0.578. The van der Waals surface area contributed by atoms with E-state index < -0.39 is 5.54 Å². The molecule has 0 saturated heterocycles. The van der Waals surface area contributed by atoms with Crippen molar-refractivity contribution in [1.29, 1.82) is 0 Å². The fourth-order valence-electron chi connectivity index (χ4n) is 3.20. The van der Waals surface area contributed by atoms with Gasteiger partial charge in [0.2, 0.25) is 0 Å². The van der Waals surface area contributed by atoms with Gasteiger partial charge in [-0.15, -0.1) is 0 Å². The average Bonchev–Trinajstić information content (AvgIpc) is 2.52. The van der Waals surface area contributed by atoms with E-state index in [-0.39, 0.29) is 5.97 Å². The van der Waals surface area contributed by atoms with E-state index in [9.17, 15) is 4.79 Å². The molecule has 1 N–H and O–H groups in total.